The Morgan fingerprint density at radius 1 is 1.11 bits per heavy atom. The maximum atomic E-state index is 15.5. The summed E-state index contributed by atoms with van der Waals surface area (Å²) in [5, 5.41) is 9.08. The SMILES string of the molecule is C=C(C)NC(N)C(C(=O)NC1CNCC(F)C1c1ccc(C(=O)N2CCN(C)CC2)cc1)C(C)=NCC(F)CCCCCC. The van der Waals surface area contributed by atoms with Crippen molar-refractivity contribution >= 4 is 17.5 Å². The lowest BCUT2D eigenvalue weighted by atomic mass is 9.83. The fourth-order valence-corrected chi connectivity index (χ4v) is 5.98. The summed E-state index contributed by atoms with van der Waals surface area (Å²) in [4.78, 5) is 35.2. The van der Waals surface area contributed by atoms with E-state index >= 15 is 4.39 Å². The number of amides is 2. The van der Waals surface area contributed by atoms with Crippen LogP contribution >= 0.6 is 0 Å². The van der Waals surface area contributed by atoms with Crippen LogP contribution in [0.15, 0.2) is 41.5 Å². The quantitative estimate of drug-likeness (QED) is 0.136. The molecule has 2 amide bonds. The van der Waals surface area contributed by atoms with E-state index in [-0.39, 0.29) is 19.0 Å². The van der Waals surface area contributed by atoms with Gasteiger partial charge in [-0.05, 0) is 45.0 Å². The van der Waals surface area contributed by atoms with Crippen molar-refractivity contribution in [3.05, 3.63) is 47.7 Å². The first-order valence-electron chi connectivity index (χ1n) is 16.1. The van der Waals surface area contributed by atoms with E-state index < -0.39 is 42.3 Å². The van der Waals surface area contributed by atoms with Gasteiger partial charge < -0.3 is 31.5 Å². The largest absolute Gasteiger partial charge is 0.373 e. The monoisotopic (exact) mass is 617 g/mol. The van der Waals surface area contributed by atoms with Gasteiger partial charge in [0, 0.05) is 62.2 Å². The zero-order valence-electron chi connectivity index (χ0n) is 27.0. The van der Waals surface area contributed by atoms with E-state index in [1.54, 1.807) is 38.1 Å². The molecular weight excluding hydrogens is 564 g/mol. The Kier molecular flexibility index (Phi) is 14.2. The first-order valence-corrected chi connectivity index (χ1v) is 16.1. The molecule has 2 fully saturated rings. The van der Waals surface area contributed by atoms with E-state index in [1.807, 2.05) is 11.9 Å². The van der Waals surface area contributed by atoms with Crippen LogP contribution in [-0.4, -0.2) is 105 Å². The van der Waals surface area contributed by atoms with E-state index in [0.29, 0.717) is 48.6 Å². The molecule has 1 aromatic rings. The number of carbonyl (C=O) groups is 2. The van der Waals surface area contributed by atoms with Gasteiger partial charge in [0.15, 0.2) is 0 Å². The fourth-order valence-electron chi connectivity index (χ4n) is 5.98. The second-order valence-corrected chi connectivity index (χ2v) is 12.4. The van der Waals surface area contributed by atoms with E-state index in [0.717, 1.165) is 38.8 Å². The van der Waals surface area contributed by atoms with Crippen LogP contribution in [0.3, 0.4) is 0 Å². The van der Waals surface area contributed by atoms with E-state index in [9.17, 15) is 14.0 Å². The second-order valence-electron chi connectivity index (χ2n) is 12.4. The van der Waals surface area contributed by atoms with Gasteiger partial charge in [0.25, 0.3) is 5.91 Å². The number of nitrogens with one attached hydrogen (secondary N) is 3. The maximum Gasteiger partial charge on any atom is 0.253 e. The van der Waals surface area contributed by atoms with Crippen molar-refractivity contribution in [1.29, 1.82) is 0 Å². The number of hydrogen-bond donors (Lipinski definition) is 4. The standard InChI is InChI=1S/C33H53F2N7O2/c1-6-7-8-9-10-26(34)19-38-23(4)29(31(36)39-22(2)3)32(43)40-28-21-37-20-27(35)30(28)24-11-13-25(14-12-24)33(44)42-17-15-41(5)16-18-42/h11-14,26-31,37,39H,2,6-10,15-21,36H2,1,3-5H3,(H,40,43). The first-order chi connectivity index (χ1) is 21.0. The molecule has 0 aromatic heterocycles. The summed E-state index contributed by atoms with van der Waals surface area (Å²) >= 11 is 0. The molecule has 11 heteroatoms. The highest BCUT2D eigenvalue weighted by Crippen LogP contribution is 2.29. The number of aliphatic imine (C=N–C) groups is 1. The topological polar surface area (TPSA) is 115 Å². The Balaban J connectivity index is 1.73. The molecule has 0 bridgehead atoms. The molecule has 2 saturated heterocycles. The van der Waals surface area contributed by atoms with E-state index in [2.05, 4.69) is 39.3 Å². The minimum atomic E-state index is -1.26. The highest BCUT2D eigenvalue weighted by molar-refractivity contribution is 6.04. The van der Waals surface area contributed by atoms with E-state index in [4.69, 9.17) is 5.73 Å². The number of carbonyl (C=O) groups excluding carboxylic acids is 2. The van der Waals surface area contributed by atoms with Crippen LogP contribution in [0.25, 0.3) is 0 Å². The molecule has 0 aliphatic carbocycles. The molecular formula is C33H53F2N7O2. The number of nitrogens with two attached hydrogens (primary N) is 1. The Morgan fingerprint density at radius 2 is 1.80 bits per heavy atom. The summed E-state index contributed by atoms with van der Waals surface area (Å²) in [6.07, 6.45) is 1.17. The molecule has 0 saturated carbocycles. The van der Waals surface area contributed by atoms with Crippen molar-refractivity contribution in [3.63, 3.8) is 0 Å². The van der Waals surface area contributed by atoms with Gasteiger partial charge in [0.05, 0.1) is 18.8 Å². The molecule has 5 N–H and O–H groups in total. The molecule has 2 aliphatic rings. The third-order valence-corrected chi connectivity index (χ3v) is 8.60. The highest BCUT2D eigenvalue weighted by atomic mass is 19.1. The highest BCUT2D eigenvalue weighted by Gasteiger charge is 2.38. The number of unbranched alkanes of at least 4 members (excludes halogenated alkanes) is 3. The lowest BCUT2D eigenvalue weighted by molar-refractivity contribution is -0.124. The Labute approximate surface area is 262 Å². The molecule has 6 unspecified atom stereocenters. The molecule has 6 atom stereocenters. The lowest BCUT2D eigenvalue weighted by Crippen LogP contribution is -2.59. The molecule has 2 aliphatic heterocycles. The summed E-state index contributed by atoms with van der Waals surface area (Å²) in [6, 6.07) is 6.47. The predicted molar refractivity (Wildman–Crippen MR) is 173 cm³/mol. The van der Waals surface area contributed by atoms with Gasteiger partial charge in [0.1, 0.15) is 18.3 Å². The van der Waals surface area contributed by atoms with Crippen LogP contribution < -0.4 is 21.7 Å². The smallest absolute Gasteiger partial charge is 0.253 e. The van der Waals surface area contributed by atoms with Crippen LogP contribution in [0.4, 0.5) is 8.78 Å². The molecule has 0 radical (unpaired) electrons. The Hall–Kier alpha value is -2.89. The van der Waals surface area contributed by atoms with Crippen LogP contribution in [0.1, 0.15) is 74.7 Å². The van der Waals surface area contributed by atoms with E-state index in [1.165, 1.54) is 0 Å². The molecule has 44 heavy (non-hydrogen) atoms. The van der Waals surface area contributed by atoms with Crippen molar-refractivity contribution in [2.45, 2.75) is 83.3 Å². The average Bonchev–Trinajstić information content (AvgIpc) is 2.98. The van der Waals surface area contributed by atoms with Crippen molar-refractivity contribution in [2.24, 2.45) is 16.6 Å². The summed E-state index contributed by atoms with van der Waals surface area (Å²) in [5.74, 6) is -2.00. The van der Waals surface area contributed by atoms with Crippen LogP contribution in [0, 0.1) is 5.92 Å². The number of likely N-dealkylation sites (N-methyl/N-ethyl adjacent to an activating group) is 1. The number of hydrogen-bond acceptors (Lipinski definition) is 7. The Morgan fingerprint density at radius 3 is 2.43 bits per heavy atom. The summed E-state index contributed by atoms with van der Waals surface area (Å²) in [7, 11) is 2.04. The fraction of sp³-hybridized carbons (Fsp3) is 0.667. The molecule has 0 spiro atoms. The van der Waals surface area contributed by atoms with Crippen LogP contribution in [0.2, 0.25) is 0 Å². The van der Waals surface area contributed by atoms with Crippen molar-refractivity contribution in [1.82, 2.24) is 25.8 Å². The number of halogens is 2. The number of piperazine rings is 1. The number of nitrogens with zero attached hydrogens (tertiary/aromatic N) is 3. The van der Waals surface area contributed by atoms with Crippen molar-refractivity contribution in [2.75, 3.05) is 52.9 Å². The summed E-state index contributed by atoms with van der Waals surface area (Å²) in [6.45, 7) is 12.8. The first kappa shape index (κ1) is 35.6. The van der Waals surface area contributed by atoms with Crippen molar-refractivity contribution < 1.29 is 18.4 Å². The number of alkyl halides is 2. The zero-order chi connectivity index (χ0) is 32.2. The lowest BCUT2D eigenvalue weighted by Gasteiger charge is -2.37. The second kappa shape index (κ2) is 17.6. The zero-order valence-corrected chi connectivity index (χ0v) is 27.0. The molecule has 246 valence electrons. The van der Waals surface area contributed by atoms with Crippen LogP contribution in [0.5, 0.6) is 0 Å². The van der Waals surface area contributed by atoms with Gasteiger partial charge >= 0.3 is 0 Å². The normalized spacial score (nSPS) is 23.5. The van der Waals surface area contributed by atoms with Gasteiger partial charge in [-0.1, -0.05) is 51.3 Å². The van der Waals surface area contributed by atoms with Gasteiger partial charge in [-0.25, -0.2) is 8.78 Å². The number of rotatable bonds is 15. The minimum absolute atomic E-state index is 0.0373. The third-order valence-electron chi connectivity index (χ3n) is 8.60. The predicted octanol–water partition coefficient (Wildman–Crippen LogP) is 3.38. The number of benzene rings is 1. The van der Waals surface area contributed by atoms with Crippen molar-refractivity contribution in [3.8, 4) is 0 Å². The maximum absolute atomic E-state index is 15.5. The molecule has 3 rings (SSSR count). The Bertz CT molecular complexity index is 1110. The average molecular weight is 618 g/mol. The molecule has 2 heterocycles. The molecule has 1 aromatic carbocycles. The van der Waals surface area contributed by atoms with Gasteiger partial charge in [-0.3, -0.25) is 14.6 Å². The van der Waals surface area contributed by atoms with Crippen LogP contribution in [-0.2, 0) is 4.79 Å². The number of allylic oxidation sites excluding steroid dienone is 1. The van der Waals surface area contributed by atoms with Gasteiger partial charge in [-0.2, -0.15) is 0 Å². The minimum Gasteiger partial charge on any atom is -0.373 e. The summed E-state index contributed by atoms with van der Waals surface area (Å²) in [5.41, 5.74) is 8.64. The number of piperidine rings is 1. The van der Waals surface area contributed by atoms with Gasteiger partial charge in [0.2, 0.25) is 5.91 Å². The summed E-state index contributed by atoms with van der Waals surface area (Å²) < 4.78 is 30.0. The molecule has 9 nitrogen and oxygen atoms in total. The van der Waals surface area contributed by atoms with Gasteiger partial charge in [-0.15, -0.1) is 0 Å². The third kappa shape index (κ3) is 10.3.